The number of nitrogens with one attached hydrogen (secondary N) is 1. The maximum Gasteiger partial charge on any atom is 0.307 e. The van der Waals surface area contributed by atoms with Gasteiger partial charge in [-0.25, -0.2) is 0 Å². The van der Waals surface area contributed by atoms with E-state index in [-0.39, 0.29) is 11.8 Å². The molecule has 0 radical (unpaired) electrons. The van der Waals surface area contributed by atoms with Gasteiger partial charge in [0.2, 0.25) is 5.91 Å². The van der Waals surface area contributed by atoms with Crippen molar-refractivity contribution in [2.75, 3.05) is 5.32 Å². The van der Waals surface area contributed by atoms with Crippen LogP contribution < -0.4 is 5.32 Å². The molecule has 0 saturated heterocycles. The van der Waals surface area contributed by atoms with E-state index in [0.29, 0.717) is 6.42 Å². The van der Waals surface area contributed by atoms with Crippen LogP contribution in [0.25, 0.3) is 0 Å². The van der Waals surface area contributed by atoms with Crippen molar-refractivity contribution in [3.63, 3.8) is 0 Å². The first kappa shape index (κ1) is 13.6. The number of carboxylic acid groups (broad SMARTS) is 1. The minimum Gasteiger partial charge on any atom is -0.481 e. The highest BCUT2D eigenvalue weighted by Crippen LogP contribution is 2.40. The molecule has 19 heavy (non-hydrogen) atoms. The molecule has 1 aliphatic rings. The Balaban J connectivity index is 2.15. The molecule has 4 nitrogen and oxygen atoms in total. The zero-order valence-electron chi connectivity index (χ0n) is 11.3. The molecule has 1 fully saturated rings. The van der Waals surface area contributed by atoms with Gasteiger partial charge < -0.3 is 10.4 Å². The van der Waals surface area contributed by atoms with Crippen LogP contribution in [0.15, 0.2) is 18.2 Å². The van der Waals surface area contributed by atoms with Crippen molar-refractivity contribution in [1.82, 2.24) is 0 Å². The van der Waals surface area contributed by atoms with Crippen molar-refractivity contribution >= 4 is 17.6 Å². The monoisotopic (exact) mass is 261 g/mol. The lowest BCUT2D eigenvalue weighted by Crippen LogP contribution is -2.18. The quantitative estimate of drug-likeness (QED) is 0.855. The number of aliphatic carboxylic acids is 1. The van der Waals surface area contributed by atoms with Gasteiger partial charge in [0, 0.05) is 5.69 Å². The fourth-order valence-corrected chi connectivity index (χ4v) is 2.38. The van der Waals surface area contributed by atoms with Gasteiger partial charge in [0.15, 0.2) is 0 Å². The number of carboxylic acids is 1. The first-order valence-electron chi connectivity index (χ1n) is 6.72. The van der Waals surface area contributed by atoms with Gasteiger partial charge in [-0.2, -0.15) is 0 Å². The van der Waals surface area contributed by atoms with E-state index in [1.54, 1.807) is 0 Å². The molecule has 1 aliphatic carbocycles. The van der Waals surface area contributed by atoms with Crippen LogP contribution in [0.5, 0.6) is 0 Å². The summed E-state index contributed by atoms with van der Waals surface area (Å²) in [4.78, 5) is 22.8. The van der Waals surface area contributed by atoms with Gasteiger partial charge in [0.05, 0.1) is 11.8 Å². The Labute approximate surface area is 112 Å². The molecule has 0 aliphatic heterocycles. The highest BCUT2D eigenvalue weighted by Gasteiger charge is 2.48. The maximum atomic E-state index is 12.1. The summed E-state index contributed by atoms with van der Waals surface area (Å²) in [6, 6.07) is 5.98. The third kappa shape index (κ3) is 2.78. The van der Waals surface area contributed by atoms with Crippen LogP contribution in [0.1, 0.15) is 31.4 Å². The molecule has 0 heterocycles. The third-order valence-electron chi connectivity index (χ3n) is 3.69. The van der Waals surface area contributed by atoms with Crippen LogP contribution in [0.3, 0.4) is 0 Å². The standard InChI is InChI=1S/C15H19NO3/c1-3-9-6-5-7-10(4-2)13(9)16-14(17)11-8-12(11)15(18)19/h5-7,11-12H,3-4,8H2,1-2H3,(H,16,17)(H,18,19)/t11-,12+/m1/s1. The predicted molar refractivity (Wildman–Crippen MR) is 73.1 cm³/mol. The zero-order chi connectivity index (χ0) is 14.0. The first-order valence-corrected chi connectivity index (χ1v) is 6.72. The average Bonchev–Trinajstić information content (AvgIpc) is 3.19. The van der Waals surface area contributed by atoms with E-state index in [9.17, 15) is 9.59 Å². The number of rotatable bonds is 5. The van der Waals surface area contributed by atoms with Gasteiger partial charge >= 0.3 is 5.97 Å². The molecule has 2 rings (SSSR count). The summed E-state index contributed by atoms with van der Waals surface area (Å²) in [6.45, 7) is 4.09. The van der Waals surface area contributed by atoms with Crippen LogP contribution in [0.4, 0.5) is 5.69 Å². The molecular formula is C15H19NO3. The third-order valence-corrected chi connectivity index (χ3v) is 3.69. The Morgan fingerprint density at radius 3 is 2.21 bits per heavy atom. The van der Waals surface area contributed by atoms with Crippen molar-refractivity contribution in [2.24, 2.45) is 11.8 Å². The Hall–Kier alpha value is -1.84. The maximum absolute atomic E-state index is 12.1. The number of carbonyl (C=O) groups excluding carboxylic acids is 1. The van der Waals surface area contributed by atoms with E-state index < -0.39 is 11.9 Å². The van der Waals surface area contributed by atoms with Crippen LogP contribution >= 0.6 is 0 Å². The number of carbonyl (C=O) groups is 2. The summed E-state index contributed by atoms with van der Waals surface area (Å²) in [5, 5.41) is 11.8. The van der Waals surface area contributed by atoms with Crippen molar-refractivity contribution in [2.45, 2.75) is 33.1 Å². The second-order valence-corrected chi connectivity index (χ2v) is 4.93. The molecule has 2 atom stereocenters. The van der Waals surface area contributed by atoms with Crippen LogP contribution in [0, 0.1) is 11.8 Å². The molecule has 1 aromatic rings. The van der Waals surface area contributed by atoms with Crippen molar-refractivity contribution in [3.05, 3.63) is 29.3 Å². The largest absolute Gasteiger partial charge is 0.481 e. The molecule has 1 saturated carbocycles. The molecule has 1 aromatic carbocycles. The molecule has 0 spiro atoms. The van der Waals surface area contributed by atoms with Gasteiger partial charge in [-0.1, -0.05) is 32.0 Å². The predicted octanol–water partition coefficient (Wildman–Crippen LogP) is 2.47. The molecule has 4 heteroatoms. The van der Waals surface area contributed by atoms with Crippen molar-refractivity contribution in [3.8, 4) is 0 Å². The summed E-state index contributed by atoms with van der Waals surface area (Å²) in [7, 11) is 0. The van der Waals surface area contributed by atoms with Crippen LogP contribution in [-0.2, 0) is 22.4 Å². The SMILES string of the molecule is CCc1cccc(CC)c1NC(=O)[C@@H]1C[C@@H]1C(=O)O. The molecular weight excluding hydrogens is 242 g/mol. The van der Waals surface area contributed by atoms with Crippen molar-refractivity contribution < 1.29 is 14.7 Å². The van der Waals surface area contributed by atoms with Gasteiger partial charge in [-0.3, -0.25) is 9.59 Å². The second kappa shape index (κ2) is 5.43. The Bertz CT molecular complexity index is 488. The second-order valence-electron chi connectivity index (χ2n) is 4.93. The topological polar surface area (TPSA) is 66.4 Å². The molecule has 102 valence electrons. The number of amides is 1. The van der Waals surface area contributed by atoms with Gasteiger partial charge in [0.1, 0.15) is 0 Å². The number of hydrogen-bond donors (Lipinski definition) is 2. The van der Waals surface area contributed by atoms with Gasteiger partial charge in [0.25, 0.3) is 0 Å². The highest BCUT2D eigenvalue weighted by atomic mass is 16.4. The summed E-state index contributed by atoms with van der Waals surface area (Å²) in [6.07, 6.45) is 2.14. The molecule has 1 amide bonds. The van der Waals surface area contributed by atoms with E-state index in [2.05, 4.69) is 5.32 Å². The van der Waals surface area contributed by atoms with E-state index in [0.717, 1.165) is 29.7 Å². The molecule has 0 bridgehead atoms. The lowest BCUT2D eigenvalue weighted by atomic mass is 10.0. The number of aryl methyl sites for hydroxylation is 2. The smallest absolute Gasteiger partial charge is 0.307 e. The number of para-hydroxylation sites is 1. The fourth-order valence-electron chi connectivity index (χ4n) is 2.38. The summed E-state index contributed by atoms with van der Waals surface area (Å²) in [5.74, 6) is -1.91. The van der Waals surface area contributed by atoms with E-state index >= 15 is 0 Å². The number of hydrogen-bond acceptors (Lipinski definition) is 2. The molecule has 2 N–H and O–H groups in total. The van der Waals surface area contributed by atoms with E-state index in [1.807, 2.05) is 32.0 Å². The minimum absolute atomic E-state index is 0.164. The molecule has 0 unspecified atom stereocenters. The highest BCUT2D eigenvalue weighted by molar-refractivity contribution is 5.99. The lowest BCUT2D eigenvalue weighted by Gasteiger charge is -2.14. The Morgan fingerprint density at radius 1 is 1.21 bits per heavy atom. The average molecular weight is 261 g/mol. The number of anilines is 1. The van der Waals surface area contributed by atoms with E-state index in [1.165, 1.54) is 0 Å². The minimum atomic E-state index is -0.875. The van der Waals surface area contributed by atoms with Crippen LogP contribution in [-0.4, -0.2) is 17.0 Å². The van der Waals surface area contributed by atoms with Gasteiger partial charge in [-0.15, -0.1) is 0 Å². The lowest BCUT2D eigenvalue weighted by molar-refractivity contribution is -0.139. The van der Waals surface area contributed by atoms with Crippen LogP contribution in [0.2, 0.25) is 0 Å². The molecule has 0 aromatic heterocycles. The summed E-state index contributed by atoms with van der Waals surface area (Å²) < 4.78 is 0. The summed E-state index contributed by atoms with van der Waals surface area (Å²) in [5.41, 5.74) is 3.06. The summed E-state index contributed by atoms with van der Waals surface area (Å²) >= 11 is 0. The van der Waals surface area contributed by atoms with E-state index in [4.69, 9.17) is 5.11 Å². The van der Waals surface area contributed by atoms with Crippen molar-refractivity contribution in [1.29, 1.82) is 0 Å². The normalized spacial score (nSPS) is 20.9. The zero-order valence-corrected chi connectivity index (χ0v) is 11.3. The number of benzene rings is 1. The first-order chi connectivity index (χ1) is 9.08. The van der Waals surface area contributed by atoms with Gasteiger partial charge in [-0.05, 0) is 30.4 Å². The fraction of sp³-hybridized carbons (Fsp3) is 0.467. The Kier molecular flexibility index (Phi) is 3.88. The Morgan fingerprint density at radius 2 is 1.79 bits per heavy atom.